The molecule has 2 aliphatic rings. The van der Waals surface area contributed by atoms with E-state index in [-0.39, 0.29) is 78.2 Å². The Morgan fingerprint density at radius 1 is 0.611 bits per heavy atom. The SMILES string of the molecule is Cc1nccnc1-c1c2ccc(=[NH2+])c(S(=O)(=O)[O-])c-2oc2c(S(=O)(=O)NCCOCCOCCOCCOCCOCCOCCOCCOCCOCCOCCOCCOCCC(=O)O)c(N)ccc12. The topological polar surface area (TPSA) is 342 Å². The molecule has 0 radical (unpaired) electrons. The van der Waals surface area contributed by atoms with E-state index in [2.05, 4.69) is 14.7 Å². The molecule has 1 aromatic carbocycles. The zero-order valence-electron chi connectivity index (χ0n) is 40.4. The van der Waals surface area contributed by atoms with Crippen molar-refractivity contribution < 1.29 is 98.0 Å². The highest BCUT2D eigenvalue weighted by Gasteiger charge is 2.31. The summed E-state index contributed by atoms with van der Waals surface area (Å²) < 4.78 is 138. The van der Waals surface area contributed by atoms with Gasteiger partial charge in [-0.2, -0.15) is 0 Å². The van der Waals surface area contributed by atoms with E-state index in [0.29, 0.717) is 138 Å². The predicted molar refractivity (Wildman–Crippen MR) is 253 cm³/mol. The second-order valence-electron chi connectivity index (χ2n) is 15.0. The van der Waals surface area contributed by atoms with Gasteiger partial charge in [0.2, 0.25) is 15.4 Å². The fourth-order valence-electron chi connectivity index (χ4n) is 6.44. The molecular formula is C45H67N5O20S2. The Bertz CT molecular complexity index is 2450. The number of nitrogen functional groups attached to an aromatic ring is 1. The number of aryl methyl sites for hydroxylation is 1. The van der Waals surface area contributed by atoms with Gasteiger partial charge in [0.05, 0.1) is 182 Å². The number of hydrogen-bond acceptors (Lipinski definition) is 22. The van der Waals surface area contributed by atoms with Gasteiger partial charge >= 0.3 is 5.97 Å². The van der Waals surface area contributed by atoms with E-state index in [1.54, 1.807) is 6.92 Å². The molecule has 0 saturated carbocycles. The Hall–Kier alpha value is -4.40. The van der Waals surface area contributed by atoms with Gasteiger partial charge in [-0.25, -0.2) is 21.6 Å². The molecule has 0 amide bonds. The number of aliphatic carboxylic acids is 1. The van der Waals surface area contributed by atoms with Crippen molar-refractivity contribution >= 4 is 42.8 Å². The summed E-state index contributed by atoms with van der Waals surface area (Å²) in [4.78, 5) is 17.7. The molecule has 1 aliphatic heterocycles. The monoisotopic (exact) mass is 1060 g/mol. The maximum atomic E-state index is 13.7. The number of anilines is 1. The van der Waals surface area contributed by atoms with E-state index in [9.17, 15) is 26.2 Å². The number of benzene rings is 2. The largest absolute Gasteiger partial charge is 0.744 e. The van der Waals surface area contributed by atoms with Crippen LogP contribution in [0.1, 0.15) is 12.1 Å². The number of sulfonamides is 1. The van der Waals surface area contributed by atoms with Gasteiger partial charge in [0, 0.05) is 41.5 Å². The van der Waals surface area contributed by atoms with Gasteiger partial charge in [-0.1, -0.05) is 0 Å². The Balaban J connectivity index is 0.948. The van der Waals surface area contributed by atoms with Crippen LogP contribution in [-0.4, -0.2) is 208 Å². The number of nitrogens with two attached hydrogens (primary N) is 2. The molecule has 72 heavy (non-hydrogen) atoms. The first kappa shape index (κ1) is 60.2. The van der Waals surface area contributed by atoms with Gasteiger partial charge in [0.1, 0.15) is 15.0 Å². The van der Waals surface area contributed by atoms with Crippen molar-refractivity contribution in [2.75, 3.05) is 171 Å². The van der Waals surface area contributed by atoms with Gasteiger partial charge in [-0.3, -0.25) is 20.2 Å². The molecule has 1 aromatic heterocycles. The minimum Gasteiger partial charge on any atom is -0.744 e. The lowest BCUT2D eigenvalue weighted by Crippen LogP contribution is -2.47. The third kappa shape index (κ3) is 22.0. The molecule has 0 fully saturated rings. The second-order valence-corrected chi connectivity index (χ2v) is 18.1. The maximum Gasteiger partial charge on any atom is 0.305 e. The number of rotatable bonds is 43. The number of aromatic nitrogens is 2. The molecule has 2 heterocycles. The number of nitrogens with zero attached hydrogens (tertiary/aromatic N) is 2. The quantitative estimate of drug-likeness (QED) is 0.0186. The Morgan fingerprint density at radius 2 is 1.01 bits per heavy atom. The van der Waals surface area contributed by atoms with Crippen LogP contribution in [0.4, 0.5) is 5.69 Å². The first-order valence-electron chi connectivity index (χ1n) is 23.1. The van der Waals surface area contributed by atoms with Crippen LogP contribution in [-0.2, 0) is 81.8 Å². The lowest BCUT2D eigenvalue weighted by atomic mass is 9.95. The highest BCUT2D eigenvalue weighted by molar-refractivity contribution is 7.90. The molecule has 2 aromatic rings. The maximum absolute atomic E-state index is 13.7. The Kier molecular flexibility index (Phi) is 28.5. The number of hydrogen-bond donors (Lipinski definition) is 4. The van der Waals surface area contributed by atoms with E-state index in [1.165, 1.54) is 36.7 Å². The van der Waals surface area contributed by atoms with E-state index in [4.69, 9.17) is 77.5 Å². The highest BCUT2D eigenvalue weighted by atomic mass is 32.2. The number of ether oxygens (including phenoxy) is 12. The van der Waals surface area contributed by atoms with Crippen molar-refractivity contribution in [2.45, 2.75) is 23.1 Å². The number of carboxylic acid groups (broad SMARTS) is 1. The summed E-state index contributed by atoms with van der Waals surface area (Å²) in [6.45, 7) is 10.2. The van der Waals surface area contributed by atoms with Crippen LogP contribution in [0, 0.1) is 6.92 Å². The first-order valence-corrected chi connectivity index (χ1v) is 26.0. The molecule has 0 spiro atoms. The molecule has 404 valence electrons. The summed E-state index contributed by atoms with van der Waals surface area (Å²) in [5.41, 5.74) is 6.80. The summed E-state index contributed by atoms with van der Waals surface area (Å²) in [6.07, 6.45) is 2.85. The van der Waals surface area contributed by atoms with Crippen molar-refractivity contribution in [2.24, 2.45) is 0 Å². The van der Waals surface area contributed by atoms with Gasteiger partial charge in [-0.15, -0.1) is 0 Å². The minimum atomic E-state index is -5.21. The van der Waals surface area contributed by atoms with Crippen LogP contribution in [0.2, 0.25) is 0 Å². The van der Waals surface area contributed by atoms with Gasteiger partial charge in [0.25, 0.3) is 0 Å². The smallest absolute Gasteiger partial charge is 0.305 e. The van der Waals surface area contributed by atoms with E-state index in [0.717, 1.165) is 0 Å². The van der Waals surface area contributed by atoms with Crippen molar-refractivity contribution in [3.8, 4) is 22.6 Å². The van der Waals surface area contributed by atoms with E-state index < -0.39 is 41.7 Å². The number of carboxylic acids is 1. The molecule has 4 rings (SSSR count). The number of fused-ring (bicyclic) bond motifs is 2. The van der Waals surface area contributed by atoms with Crippen LogP contribution in [0.25, 0.3) is 33.6 Å². The third-order valence-corrected chi connectivity index (χ3v) is 12.2. The zero-order valence-corrected chi connectivity index (χ0v) is 42.1. The van der Waals surface area contributed by atoms with Crippen molar-refractivity contribution in [1.29, 1.82) is 0 Å². The molecular weight excluding hydrogens is 995 g/mol. The average molecular weight is 1060 g/mol. The Labute approximate surface area is 418 Å². The van der Waals surface area contributed by atoms with E-state index in [1.807, 2.05) is 0 Å². The molecule has 0 bridgehead atoms. The molecule has 1 aliphatic carbocycles. The predicted octanol–water partition coefficient (Wildman–Crippen LogP) is -0.599. The summed E-state index contributed by atoms with van der Waals surface area (Å²) in [6, 6.07) is 5.58. The normalized spacial score (nSPS) is 12.1. The lowest BCUT2D eigenvalue weighted by Gasteiger charge is -2.20. The molecule has 6 N–H and O–H groups in total. The third-order valence-electron chi connectivity index (χ3n) is 9.76. The molecule has 0 saturated heterocycles. The molecule has 27 heteroatoms. The summed E-state index contributed by atoms with van der Waals surface area (Å²) >= 11 is 0. The Morgan fingerprint density at radius 3 is 1.42 bits per heavy atom. The van der Waals surface area contributed by atoms with Crippen molar-refractivity contribution in [1.82, 2.24) is 14.7 Å². The summed E-state index contributed by atoms with van der Waals surface area (Å²) in [5.74, 6) is -1.35. The highest BCUT2D eigenvalue weighted by Crippen LogP contribution is 2.44. The first-order chi connectivity index (χ1) is 34.8. The zero-order chi connectivity index (χ0) is 51.9. The van der Waals surface area contributed by atoms with Crippen LogP contribution in [0.15, 0.2) is 50.9 Å². The second kappa shape index (κ2) is 34.2. The summed E-state index contributed by atoms with van der Waals surface area (Å²) in [5, 5.41) is 14.3. The summed E-state index contributed by atoms with van der Waals surface area (Å²) in [7, 11) is -9.63. The van der Waals surface area contributed by atoms with Gasteiger partial charge in [-0.05, 0) is 25.1 Å². The van der Waals surface area contributed by atoms with Crippen molar-refractivity contribution in [3.63, 3.8) is 0 Å². The molecule has 0 unspecified atom stereocenters. The molecule has 0 atom stereocenters. The van der Waals surface area contributed by atoms with Crippen LogP contribution < -0.4 is 21.2 Å². The fraction of sp³-hybridized carbons (Fsp3) is 0.600. The lowest BCUT2D eigenvalue weighted by molar-refractivity contribution is -0.176. The van der Waals surface area contributed by atoms with Gasteiger partial charge < -0.3 is 76.7 Å². The van der Waals surface area contributed by atoms with Crippen LogP contribution >= 0.6 is 0 Å². The fourth-order valence-corrected chi connectivity index (χ4v) is 8.45. The van der Waals surface area contributed by atoms with Crippen LogP contribution in [0.3, 0.4) is 0 Å². The molecule has 25 nitrogen and oxygen atoms in total. The number of nitrogens with one attached hydrogen (secondary N) is 1. The average Bonchev–Trinajstić information content (AvgIpc) is 3.33. The van der Waals surface area contributed by atoms with E-state index >= 15 is 0 Å². The standard InChI is InChI=1S/C45H67N5O20S2/c1-34-41(49-8-7-48-34)40-35-2-4-37(46)44(42(35)70-43-36(40)3-5-38(47)45(43)72(55,56)57)71(53,54)50-9-11-59-13-15-61-17-19-63-21-23-65-25-27-67-29-31-69-33-32-68-30-28-66-26-24-64-22-20-62-18-16-60-14-12-58-10-6-39(51)52/h2-5,7-8,47,50H,6,9-33,46H2,1H3,(H,51,52)(H,55,56,57). The van der Waals surface area contributed by atoms with Crippen LogP contribution in [0.5, 0.6) is 0 Å². The van der Waals surface area contributed by atoms with Crippen molar-refractivity contribution in [3.05, 3.63) is 47.7 Å². The number of carbonyl (C=O) groups is 1. The van der Waals surface area contributed by atoms with Gasteiger partial charge in [0.15, 0.2) is 16.2 Å². The minimum absolute atomic E-state index is 0.0222.